The van der Waals surface area contributed by atoms with Crippen LogP contribution in [0.2, 0.25) is 0 Å². The van der Waals surface area contributed by atoms with Gasteiger partial charge in [-0.15, -0.1) is 11.3 Å². The van der Waals surface area contributed by atoms with Crippen molar-refractivity contribution in [1.82, 2.24) is 10.3 Å². The second-order valence-corrected chi connectivity index (χ2v) is 7.04. The van der Waals surface area contributed by atoms with Crippen molar-refractivity contribution in [2.24, 2.45) is 0 Å². The first-order valence-corrected chi connectivity index (χ1v) is 7.95. The molecule has 1 aromatic rings. The zero-order chi connectivity index (χ0) is 14.0. The lowest BCUT2D eigenvalue weighted by Gasteiger charge is -2.05. The monoisotopic (exact) mass is 302 g/mol. The van der Waals surface area contributed by atoms with E-state index in [-0.39, 0.29) is 16.4 Å². The Morgan fingerprint density at radius 1 is 1.39 bits per heavy atom. The van der Waals surface area contributed by atoms with Crippen LogP contribution >= 0.6 is 11.3 Å². The largest absolute Gasteiger partial charge is 0.434 e. The fraction of sp³-hybridized carbons (Fsp3) is 0.667. The first-order valence-electron chi connectivity index (χ1n) is 5.07. The standard InChI is InChI=1S/C9H13F3N2O2S2/c1-3-13-4-6-8(9(10,11)12)14-7(17-6)5-18(2,15)16/h13H,3-5H2,1-2H3. The van der Waals surface area contributed by atoms with Gasteiger partial charge in [-0.3, -0.25) is 0 Å². The van der Waals surface area contributed by atoms with Gasteiger partial charge in [0.1, 0.15) is 10.8 Å². The molecule has 0 bridgehead atoms. The summed E-state index contributed by atoms with van der Waals surface area (Å²) < 4.78 is 60.2. The van der Waals surface area contributed by atoms with Gasteiger partial charge in [0.05, 0.1) is 4.88 Å². The molecule has 9 heteroatoms. The number of nitrogens with one attached hydrogen (secondary N) is 1. The van der Waals surface area contributed by atoms with Gasteiger partial charge in [0.15, 0.2) is 15.5 Å². The van der Waals surface area contributed by atoms with E-state index < -0.39 is 27.5 Å². The molecule has 1 heterocycles. The van der Waals surface area contributed by atoms with E-state index in [1.54, 1.807) is 6.92 Å². The predicted molar refractivity (Wildman–Crippen MR) is 63.0 cm³/mol. The van der Waals surface area contributed by atoms with Crippen LogP contribution in [0, 0.1) is 0 Å². The molecule has 1 rings (SSSR count). The average molecular weight is 302 g/mol. The average Bonchev–Trinajstić information content (AvgIpc) is 2.54. The maximum atomic E-state index is 12.7. The summed E-state index contributed by atoms with van der Waals surface area (Å²) in [5.74, 6) is -0.465. The van der Waals surface area contributed by atoms with Crippen molar-refractivity contribution in [2.75, 3.05) is 12.8 Å². The van der Waals surface area contributed by atoms with Crippen LogP contribution in [0.15, 0.2) is 0 Å². The highest BCUT2D eigenvalue weighted by Gasteiger charge is 2.37. The summed E-state index contributed by atoms with van der Waals surface area (Å²) in [4.78, 5) is 3.41. The Morgan fingerprint density at radius 3 is 2.44 bits per heavy atom. The molecule has 0 aliphatic rings. The fourth-order valence-electron chi connectivity index (χ4n) is 1.27. The number of hydrogen-bond acceptors (Lipinski definition) is 5. The van der Waals surface area contributed by atoms with Gasteiger partial charge in [0.25, 0.3) is 0 Å². The maximum Gasteiger partial charge on any atom is 0.434 e. The molecule has 0 aliphatic heterocycles. The van der Waals surface area contributed by atoms with Gasteiger partial charge in [-0.1, -0.05) is 6.92 Å². The van der Waals surface area contributed by atoms with Crippen LogP contribution in [-0.4, -0.2) is 26.2 Å². The van der Waals surface area contributed by atoms with Gasteiger partial charge in [-0.25, -0.2) is 13.4 Å². The lowest BCUT2D eigenvalue weighted by molar-refractivity contribution is -0.141. The van der Waals surface area contributed by atoms with E-state index in [0.29, 0.717) is 6.54 Å². The minimum Gasteiger partial charge on any atom is -0.312 e. The second-order valence-electron chi connectivity index (χ2n) is 3.73. The van der Waals surface area contributed by atoms with Gasteiger partial charge < -0.3 is 5.32 Å². The van der Waals surface area contributed by atoms with Gasteiger partial charge in [0, 0.05) is 12.8 Å². The van der Waals surface area contributed by atoms with Gasteiger partial charge in [-0.2, -0.15) is 13.2 Å². The highest BCUT2D eigenvalue weighted by Crippen LogP contribution is 2.34. The Kier molecular flexibility index (Phi) is 4.73. The summed E-state index contributed by atoms with van der Waals surface area (Å²) in [5.41, 5.74) is -0.993. The van der Waals surface area contributed by atoms with Crippen LogP contribution < -0.4 is 5.32 Å². The minimum absolute atomic E-state index is 0.0167. The van der Waals surface area contributed by atoms with Crippen molar-refractivity contribution in [1.29, 1.82) is 0 Å². The molecule has 1 N–H and O–H groups in total. The molecule has 0 fully saturated rings. The van der Waals surface area contributed by atoms with Gasteiger partial charge in [-0.05, 0) is 6.54 Å². The van der Waals surface area contributed by atoms with Crippen LogP contribution in [0.25, 0.3) is 0 Å². The lowest BCUT2D eigenvalue weighted by atomic mass is 10.3. The first kappa shape index (κ1) is 15.4. The third-order valence-corrected chi connectivity index (χ3v) is 3.97. The number of aromatic nitrogens is 1. The van der Waals surface area contributed by atoms with Crippen molar-refractivity contribution in [3.8, 4) is 0 Å². The molecule has 0 atom stereocenters. The normalized spacial score (nSPS) is 12.9. The first-order chi connectivity index (χ1) is 8.13. The number of sulfone groups is 1. The van der Waals surface area contributed by atoms with E-state index >= 15 is 0 Å². The summed E-state index contributed by atoms with van der Waals surface area (Å²) >= 11 is 0.780. The summed E-state index contributed by atoms with van der Waals surface area (Å²) in [6.45, 7) is 2.33. The zero-order valence-corrected chi connectivity index (χ0v) is 11.5. The van der Waals surface area contributed by atoms with Crippen LogP contribution in [0.5, 0.6) is 0 Å². The van der Waals surface area contributed by atoms with E-state index in [1.165, 1.54) is 0 Å². The molecule has 0 aromatic carbocycles. The third-order valence-electron chi connectivity index (χ3n) is 1.93. The second kappa shape index (κ2) is 5.54. The smallest absolute Gasteiger partial charge is 0.312 e. The van der Waals surface area contributed by atoms with E-state index in [1.807, 2.05) is 0 Å². The number of rotatable bonds is 5. The van der Waals surface area contributed by atoms with Crippen molar-refractivity contribution < 1.29 is 21.6 Å². The molecule has 0 aliphatic carbocycles. The van der Waals surface area contributed by atoms with E-state index in [2.05, 4.69) is 10.3 Å². The predicted octanol–water partition coefficient (Wildman–Crippen LogP) is 1.82. The highest BCUT2D eigenvalue weighted by atomic mass is 32.2. The molecule has 0 unspecified atom stereocenters. The van der Waals surface area contributed by atoms with Crippen molar-refractivity contribution in [2.45, 2.75) is 25.4 Å². The Bertz CT molecular complexity index is 508. The molecule has 0 saturated carbocycles. The Hall–Kier alpha value is -0.670. The summed E-state index contributed by atoms with van der Waals surface area (Å²) in [5, 5.41) is 2.74. The molecule has 18 heavy (non-hydrogen) atoms. The molecule has 4 nitrogen and oxygen atoms in total. The molecule has 104 valence electrons. The number of alkyl halides is 3. The van der Waals surface area contributed by atoms with Crippen molar-refractivity contribution >= 4 is 21.2 Å². The van der Waals surface area contributed by atoms with Crippen LogP contribution in [-0.2, 0) is 28.3 Å². The van der Waals surface area contributed by atoms with Crippen LogP contribution in [0.1, 0.15) is 22.5 Å². The fourth-order valence-corrected chi connectivity index (χ4v) is 3.51. The molecule has 0 saturated heterocycles. The van der Waals surface area contributed by atoms with Crippen LogP contribution in [0.4, 0.5) is 13.2 Å². The molecule has 0 radical (unpaired) electrons. The number of thiazole rings is 1. The molecule has 1 aromatic heterocycles. The Balaban J connectivity index is 3.07. The van der Waals surface area contributed by atoms with E-state index in [9.17, 15) is 21.6 Å². The van der Waals surface area contributed by atoms with E-state index in [4.69, 9.17) is 0 Å². The SMILES string of the molecule is CCNCc1sc(CS(C)(=O)=O)nc1C(F)(F)F. The summed E-state index contributed by atoms with van der Waals surface area (Å²) in [7, 11) is -3.39. The summed E-state index contributed by atoms with van der Waals surface area (Å²) in [6, 6.07) is 0. The number of nitrogens with zero attached hydrogens (tertiary/aromatic N) is 1. The van der Waals surface area contributed by atoms with Gasteiger partial charge >= 0.3 is 6.18 Å². The lowest BCUT2D eigenvalue weighted by Crippen LogP contribution is -2.15. The van der Waals surface area contributed by atoms with Gasteiger partial charge in [0.2, 0.25) is 0 Å². The minimum atomic E-state index is -4.56. The molecular weight excluding hydrogens is 289 g/mol. The van der Waals surface area contributed by atoms with Crippen molar-refractivity contribution in [3.05, 3.63) is 15.6 Å². The third kappa shape index (κ3) is 4.54. The Morgan fingerprint density at radius 2 is 2.00 bits per heavy atom. The molecule has 0 amide bonds. The zero-order valence-electron chi connectivity index (χ0n) is 9.84. The molecular formula is C9H13F3N2O2S2. The van der Waals surface area contributed by atoms with Crippen molar-refractivity contribution in [3.63, 3.8) is 0 Å². The highest BCUT2D eigenvalue weighted by molar-refractivity contribution is 7.90. The summed E-state index contributed by atoms with van der Waals surface area (Å²) in [6.07, 6.45) is -3.59. The molecule has 0 spiro atoms. The number of halogens is 3. The number of hydrogen-bond donors (Lipinski definition) is 1. The topological polar surface area (TPSA) is 59.1 Å². The Labute approximate surface area is 107 Å². The maximum absolute atomic E-state index is 12.7. The van der Waals surface area contributed by atoms with Crippen LogP contribution in [0.3, 0.4) is 0 Å². The quantitative estimate of drug-likeness (QED) is 0.901. The van der Waals surface area contributed by atoms with E-state index in [0.717, 1.165) is 17.6 Å².